The predicted octanol–water partition coefficient (Wildman–Crippen LogP) is 4.03. The zero-order valence-corrected chi connectivity index (χ0v) is 19.2. The van der Waals surface area contributed by atoms with Crippen LogP contribution in [0.1, 0.15) is 12.8 Å². The Balaban J connectivity index is 1.52. The normalized spacial score (nSPS) is 16.8. The number of rotatable bonds is 5. The van der Waals surface area contributed by atoms with Crippen molar-refractivity contribution in [3.8, 4) is 11.5 Å². The third kappa shape index (κ3) is 4.35. The fourth-order valence-electron chi connectivity index (χ4n) is 3.86. The number of piperazine rings is 1. The summed E-state index contributed by atoms with van der Waals surface area (Å²) in [5, 5.41) is 0.216. The molecule has 33 heavy (non-hydrogen) atoms. The molecule has 172 valence electrons. The number of carbonyl (C=O) groups excluding carboxylic acids is 1. The van der Waals surface area contributed by atoms with Crippen LogP contribution in [-0.4, -0.2) is 50.4 Å². The van der Waals surface area contributed by atoms with Crippen LogP contribution >= 0.6 is 11.6 Å². The SMILES string of the molecule is O=C(C1CC1)N1CCN(c2oc(-c3cccc(Cl)c3)nc2S(=O)(=O)c2ccc(F)cc2)CC1. The average molecular weight is 490 g/mol. The molecule has 1 aliphatic heterocycles. The van der Waals surface area contributed by atoms with Crippen molar-refractivity contribution >= 4 is 33.2 Å². The third-order valence-corrected chi connectivity index (χ3v) is 7.74. The smallest absolute Gasteiger partial charge is 0.236 e. The van der Waals surface area contributed by atoms with Gasteiger partial charge in [-0.15, -0.1) is 0 Å². The molecule has 10 heteroatoms. The number of aromatic nitrogens is 1. The first-order chi connectivity index (χ1) is 15.8. The number of sulfone groups is 1. The van der Waals surface area contributed by atoms with Crippen molar-refractivity contribution in [2.75, 3.05) is 31.1 Å². The Kier molecular flexibility index (Phi) is 5.62. The Morgan fingerprint density at radius 1 is 1.06 bits per heavy atom. The molecule has 7 nitrogen and oxygen atoms in total. The van der Waals surface area contributed by atoms with Gasteiger partial charge in [-0.1, -0.05) is 17.7 Å². The summed E-state index contributed by atoms with van der Waals surface area (Å²) in [4.78, 5) is 20.2. The van der Waals surface area contributed by atoms with Crippen molar-refractivity contribution in [3.05, 3.63) is 59.4 Å². The van der Waals surface area contributed by atoms with E-state index < -0.39 is 15.7 Å². The van der Waals surface area contributed by atoms with Gasteiger partial charge in [0, 0.05) is 42.7 Å². The summed E-state index contributed by atoms with van der Waals surface area (Å²) in [6.07, 6.45) is 1.87. The van der Waals surface area contributed by atoms with Gasteiger partial charge in [0.15, 0.2) is 0 Å². The molecule has 0 bridgehead atoms. The molecule has 3 aromatic rings. The van der Waals surface area contributed by atoms with Crippen molar-refractivity contribution in [1.29, 1.82) is 0 Å². The Hall–Kier alpha value is -2.91. The second kappa shape index (κ2) is 8.46. The van der Waals surface area contributed by atoms with Crippen LogP contribution in [0.15, 0.2) is 62.9 Å². The highest BCUT2D eigenvalue weighted by atomic mass is 35.5. The van der Waals surface area contributed by atoms with Crippen molar-refractivity contribution < 1.29 is 22.0 Å². The molecule has 1 saturated carbocycles. The average Bonchev–Trinajstić information content (AvgIpc) is 3.56. The lowest BCUT2D eigenvalue weighted by Gasteiger charge is -2.34. The van der Waals surface area contributed by atoms with E-state index in [1.54, 1.807) is 29.2 Å². The first kappa shape index (κ1) is 21.9. The lowest BCUT2D eigenvalue weighted by atomic mass is 10.2. The van der Waals surface area contributed by atoms with Gasteiger partial charge < -0.3 is 14.2 Å². The number of hydrogen-bond acceptors (Lipinski definition) is 6. The van der Waals surface area contributed by atoms with E-state index in [9.17, 15) is 17.6 Å². The zero-order valence-electron chi connectivity index (χ0n) is 17.6. The number of halogens is 2. The van der Waals surface area contributed by atoms with Crippen LogP contribution in [0.5, 0.6) is 0 Å². The zero-order chi connectivity index (χ0) is 23.2. The number of anilines is 1. The van der Waals surface area contributed by atoms with Gasteiger partial charge in [-0.2, -0.15) is 4.98 Å². The number of carbonyl (C=O) groups is 1. The Morgan fingerprint density at radius 3 is 2.39 bits per heavy atom. The summed E-state index contributed by atoms with van der Waals surface area (Å²) in [6.45, 7) is 1.76. The van der Waals surface area contributed by atoms with Crippen LogP contribution in [0, 0.1) is 11.7 Å². The van der Waals surface area contributed by atoms with Crippen molar-refractivity contribution in [3.63, 3.8) is 0 Å². The van der Waals surface area contributed by atoms with Gasteiger partial charge in [-0.3, -0.25) is 4.79 Å². The lowest BCUT2D eigenvalue weighted by Crippen LogP contribution is -2.49. The van der Waals surface area contributed by atoms with Gasteiger partial charge in [0.2, 0.25) is 32.5 Å². The topological polar surface area (TPSA) is 83.7 Å². The predicted molar refractivity (Wildman–Crippen MR) is 120 cm³/mol. The minimum atomic E-state index is -4.09. The molecule has 0 unspecified atom stereocenters. The van der Waals surface area contributed by atoms with E-state index in [4.69, 9.17) is 16.0 Å². The summed E-state index contributed by atoms with van der Waals surface area (Å²) in [7, 11) is -4.09. The summed E-state index contributed by atoms with van der Waals surface area (Å²) >= 11 is 6.10. The molecular formula is C23H21ClFN3O4S. The van der Waals surface area contributed by atoms with E-state index in [-0.39, 0.29) is 33.5 Å². The Bertz CT molecular complexity index is 1300. The van der Waals surface area contributed by atoms with Gasteiger partial charge >= 0.3 is 0 Å². The van der Waals surface area contributed by atoms with Crippen LogP contribution in [0.3, 0.4) is 0 Å². The number of hydrogen-bond donors (Lipinski definition) is 0. The monoisotopic (exact) mass is 489 g/mol. The van der Waals surface area contributed by atoms with E-state index in [0.29, 0.717) is 36.8 Å². The van der Waals surface area contributed by atoms with Crippen LogP contribution in [0.25, 0.3) is 11.5 Å². The van der Waals surface area contributed by atoms with Gasteiger partial charge in [-0.05, 0) is 55.3 Å². The van der Waals surface area contributed by atoms with E-state index >= 15 is 0 Å². The number of amides is 1. The molecule has 2 aromatic carbocycles. The van der Waals surface area contributed by atoms with Crippen LogP contribution in [0.4, 0.5) is 10.3 Å². The van der Waals surface area contributed by atoms with Crippen LogP contribution in [0.2, 0.25) is 5.02 Å². The fourth-order valence-corrected chi connectivity index (χ4v) is 5.37. The molecule has 0 spiro atoms. The van der Waals surface area contributed by atoms with Gasteiger partial charge in [0.05, 0.1) is 4.90 Å². The van der Waals surface area contributed by atoms with E-state index in [2.05, 4.69) is 4.98 Å². The van der Waals surface area contributed by atoms with Gasteiger partial charge in [-0.25, -0.2) is 12.8 Å². The van der Waals surface area contributed by atoms with E-state index in [1.165, 1.54) is 12.1 Å². The molecular weight excluding hydrogens is 469 g/mol. The molecule has 1 aromatic heterocycles. The minimum Gasteiger partial charge on any atom is -0.419 e. The molecule has 0 radical (unpaired) electrons. The molecule has 2 heterocycles. The van der Waals surface area contributed by atoms with Crippen molar-refractivity contribution in [2.24, 2.45) is 5.92 Å². The first-order valence-electron chi connectivity index (χ1n) is 10.6. The highest BCUT2D eigenvalue weighted by Gasteiger charge is 2.37. The highest BCUT2D eigenvalue weighted by molar-refractivity contribution is 7.91. The Morgan fingerprint density at radius 2 is 1.76 bits per heavy atom. The maximum Gasteiger partial charge on any atom is 0.236 e. The fraction of sp³-hybridized carbons (Fsp3) is 0.304. The van der Waals surface area contributed by atoms with Gasteiger partial charge in [0.25, 0.3) is 0 Å². The molecule has 2 aliphatic rings. The lowest BCUT2D eigenvalue weighted by molar-refractivity contribution is -0.132. The molecule has 5 rings (SSSR count). The summed E-state index contributed by atoms with van der Waals surface area (Å²) in [5.74, 6) is -0.0282. The molecule has 1 saturated heterocycles. The number of benzene rings is 2. The standard InChI is InChI=1S/C23H21ClFN3O4S/c24-17-3-1-2-16(14-17)20-26-21(33(30,31)19-8-6-18(25)7-9-19)23(32-20)28-12-10-27(11-13-28)22(29)15-4-5-15/h1-3,6-9,14-15H,4-5,10-13H2. The quantitative estimate of drug-likeness (QED) is 0.503. The van der Waals surface area contributed by atoms with Crippen molar-refractivity contribution in [2.45, 2.75) is 22.8 Å². The Labute approximate surface area is 195 Å². The highest BCUT2D eigenvalue weighted by Crippen LogP contribution is 2.36. The molecule has 0 atom stereocenters. The molecule has 0 N–H and O–H groups in total. The van der Waals surface area contributed by atoms with E-state index in [0.717, 1.165) is 25.0 Å². The first-order valence-corrected chi connectivity index (χ1v) is 12.5. The summed E-state index contributed by atoms with van der Waals surface area (Å²) < 4.78 is 46.2. The molecule has 1 amide bonds. The van der Waals surface area contributed by atoms with Crippen molar-refractivity contribution in [1.82, 2.24) is 9.88 Å². The third-order valence-electron chi connectivity index (χ3n) is 5.83. The number of oxazole rings is 1. The maximum absolute atomic E-state index is 13.4. The molecule has 2 fully saturated rings. The summed E-state index contributed by atoms with van der Waals surface area (Å²) in [5.41, 5.74) is 0.534. The van der Waals surface area contributed by atoms with E-state index in [1.807, 2.05) is 4.90 Å². The maximum atomic E-state index is 13.4. The largest absolute Gasteiger partial charge is 0.419 e. The number of nitrogens with zero attached hydrogens (tertiary/aromatic N) is 3. The second-order valence-electron chi connectivity index (χ2n) is 8.18. The minimum absolute atomic E-state index is 0.0846. The van der Waals surface area contributed by atoms with Gasteiger partial charge in [0.1, 0.15) is 5.82 Å². The summed E-state index contributed by atoms with van der Waals surface area (Å²) in [6, 6.07) is 11.4. The molecule has 1 aliphatic carbocycles. The second-order valence-corrected chi connectivity index (χ2v) is 10.5. The van der Waals surface area contributed by atoms with Crippen LogP contribution in [-0.2, 0) is 14.6 Å². The van der Waals surface area contributed by atoms with Crippen LogP contribution < -0.4 is 4.90 Å².